The summed E-state index contributed by atoms with van der Waals surface area (Å²) < 4.78 is 42.6. The summed E-state index contributed by atoms with van der Waals surface area (Å²) in [5, 5.41) is 6.03. The van der Waals surface area contributed by atoms with Gasteiger partial charge >= 0.3 is 6.18 Å². The number of nitrogens with zero attached hydrogens (tertiary/aromatic N) is 1. The molecule has 0 aliphatic carbocycles. The van der Waals surface area contributed by atoms with Crippen molar-refractivity contribution in [3.63, 3.8) is 0 Å². The van der Waals surface area contributed by atoms with Gasteiger partial charge in [0.25, 0.3) is 0 Å². The minimum absolute atomic E-state index is 0. The molecule has 0 saturated carbocycles. The Kier molecular flexibility index (Phi) is 8.34. The van der Waals surface area contributed by atoms with E-state index in [0.29, 0.717) is 24.6 Å². The number of rotatable bonds is 3. The normalized spacial score (nSPS) is 11.1. The predicted molar refractivity (Wildman–Crippen MR) is 101 cm³/mol. The lowest BCUT2D eigenvalue weighted by atomic mass is 10.1. The number of halogens is 4. The van der Waals surface area contributed by atoms with Crippen LogP contribution in [0.4, 0.5) is 13.2 Å². The van der Waals surface area contributed by atoms with Gasteiger partial charge in [-0.25, -0.2) is 0 Å². The van der Waals surface area contributed by atoms with Gasteiger partial charge in [0.05, 0.1) is 24.9 Å². The lowest BCUT2D eigenvalue weighted by Crippen LogP contribution is -2.36. The molecule has 0 fully saturated rings. The van der Waals surface area contributed by atoms with E-state index in [4.69, 9.17) is 4.42 Å². The fourth-order valence-electron chi connectivity index (χ4n) is 1.82. The summed E-state index contributed by atoms with van der Waals surface area (Å²) in [7, 11) is 1.63. The van der Waals surface area contributed by atoms with Crippen LogP contribution in [0.1, 0.15) is 16.9 Å². The second-order valence-corrected chi connectivity index (χ2v) is 4.74. The first-order chi connectivity index (χ1) is 11.5. The molecule has 134 valence electrons. The molecule has 25 heavy (non-hydrogen) atoms. The van der Waals surface area contributed by atoms with Gasteiger partial charge in [-0.15, -0.1) is 24.0 Å². The molecule has 0 radical (unpaired) electrons. The summed E-state index contributed by atoms with van der Waals surface area (Å²) in [5.74, 6) is 6.94. The third kappa shape index (κ3) is 7.09. The Morgan fingerprint density at radius 1 is 1.16 bits per heavy atom. The fourth-order valence-corrected chi connectivity index (χ4v) is 1.82. The van der Waals surface area contributed by atoms with E-state index in [1.807, 2.05) is 6.07 Å². The van der Waals surface area contributed by atoms with Crippen LogP contribution < -0.4 is 10.6 Å². The second-order valence-electron chi connectivity index (χ2n) is 4.74. The first kappa shape index (κ1) is 20.9. The number of benzene rings is 1. The van der Waals surface area contributed by atoms with Crippen LogP contribution in [0.3, 0.4) is 0 Å². The van der Waals surface area contributed by atoms with Gasteiger partial charge in [-0.1, -0.05) is 11.8 Å². The molecule has 2 N–H and O–H groups in total. The summed E-state index contributed by atoms with van der Waals surface area (Å²) in [4.78, 5) is 4.03. The molecule has 8 heteroatoms. The molecule has 0 aliphatic rings. The number of hydrogen-bond acceptors (Lipinski definition) is 2. The minimum atomic E-state index is -4.33. The molecule has 0 saturated heterocycles. The number of nitrogens with one attached hydrogen (secondary N) is 2. The Balaban J connectivity index is 0.00000312. The third-order valence-corrected chi connectivity index (χ3v) is 3.02. The molecule has 1 aromatic heterocycles. The van der Waals surface area contributed by atoms with Crippen molar-refractivity contribution in [3.8, 4) is 11.8 Å². The zero-order valence-electron chi connectivity index (χ0n) is 13.4. The number of furan rings is 1. The Labute approximate surface area is 160 Å². The summed E-state index contributed by atoms with van der Waals surface area (Å²) >= 11 is 0. The molecule has 0 spiro atoms. The third-order valence-electron chi connectivity index (χ3n) is 3.02. The van der Waals surface area contributed by atoms with Crippen LogP contribution in [-0.2, 0) is 12.7 Å². The average molecular weight is 463 g/mol. The zero-order chi connectivity index (χ0) is 17.4. The summed E-state index contributed by atoms with van der Waals surface area (Å²) in [6.45, 7) is 0.790. The van der Waals surface area contributed by atoms with Crippen molar-refractivity contribution in [2.75, 3.05) is 13.6 Å². The lowest BCUT2D eigenvalue weighted by molar-refractivity contribution is -0.137. The van der Waals surface area contributed by atoms with Gasteiger partial charge in [-0.3, -0.25) is 4.99 Å². The van der Waals surface area contributed by atoms with Crippen LogP contribution in [0.2, 0.25) is 0 Å². The Bertz CT molecular complexity index is 729. The molecule has 2 rings (SSSR count). The largest absolute Gasteiger partial charge is 0.467 e. The average Bonchev–Trinajstić information content (AvgIpc) is 3.07. The van der Waals surface area contributed by atoms with Crippen LogP contribution in [-0.4, -0.2) is 19.6 Å². The number of guanidine groups is 1. The number of aliphatic imine (C=N–C) groups is 1. The topological polar surface area (TPSA) is 49.6 Å². The first-order valence-corrected chi connectivity index (χ1v) is 7.12. The van der Waals surface area contributed by atoms with E-state index in [-0.39, 0.29) is 24.0 Å². The van der Waals surface area contributed by atoms with Crippen LogP contribution in [0.15, 0.2) is 52.1 Å². The van der Waals surface area contributed by atoms with Crippen molar-refractivity contribution in [2.45, 2.75) is 12.7 Å². The summed E-state index contributed by atoms with van der Waals surface area (Å²) in [5.41, 5.74) is -0.169. The van der Waals surface area contributed by atoms with E-state index < -0.39 is 11.7 Å². The second kappa shape index (κ2) is 9.98. The van der Waals surface area contributed by atoms with Gasteiger partial charge in [-0.05, 0) is 36.4 Å². The smallest absolute Gasteiger partial charge is 0.416 e. The molecule has 0 amide bonds. The highest BCUT2D eigenvalue weighted by molar-refractivity contribution is 14.0. The maximum absolute atomic E-state index is 12.5. The number of hydrogen-bond donors (Lipinski definition) is 2. The lowest BCUT2D eigenvalue weighted by Gasteiger charge is -2.08. The van der Waals surface area contributed by atoms with E-state index in [0.717, 1.165) is 17.9 Å². The van der Waals surface area contributed by atoms with E-state index in [1.165, 1.54) is 12.1 Å². The van der Waals surface area contributed by atoms with E-state index in [2.05, 4.69) is 27.5 Å². The molecule has 0 bridgehead atoms. The number of alkyl halides is 3. The molecule has 1 aromatic carbocycles. The Morgan fingerprint density at radius 3 is 2.44 bits per heavy atom. The van der Waals surface area contributed by atoms with Crippen molar-refractivity contribution < 1.29 is 17.6 Å². The van der Waals surface area contributed by atoms with Gasteiger partial charge in [0.15, 0.2) is 5.96 Å². The van der Waals surface area contributed by atoms with E-state index >= 15 is 0 Å². The monoisotopic (exact) mass is 463 g/mol. The van der Waals surface area contributed by atoms with E-state index in [1.54, 1.807) is 19.4 Å². The zero-order valence-corrected chi connectivity index (χ0v) is 15.7. The highest BCUT2D eigenvalue weighted by Crippen LogP contribution is 2.28. The molecule has 2 aromatic rings. The molecule has 0 aliphatic heterocycles. The van der Waals surface area contributed by atoms with Crippen molar-refractivity contribution >= 4 is 29.9 Å². The van der Waals surface area contributed by atoms with E-state index in [9.17, 15) is 13.2 Å². The van der Waals surface area contributed by atoms with Crippen molar-refractivity contribution in [1.82, 2.24) is 10.6 Å². The SMILES string of the molecule is CN=C(NCC#Cc1ccc(C(F)(F)F)cc1)NCc1ccco1.I. The molecule has 4 nitrogen and oxygen atoms in total. The van der Waals surface area contributed by atoms with Gasteiger partial charge in [0.1, 0.15) is 5.76 Å². The quantitative estimate of drug-likeness (QED) is 0.317. The van der Waals surface area contributed by atoms with Crippen molar-refractivity contribution in [1.29, 1.82) is 0 Å². The predicted octanol–water partition coefficient (Wildman–Crippen LogP) is 3.63. The maximum atomic E-state index is 12.5. The van der Waals surface area contributed by atoms with Gasteiger partial charge in [0, 0.05) is 12.6 Å². The highest BCUT2D eigenvalue weighted by Gasteiger charge is 2.29. The maximum Gasteiger partial charge on any atom is 0.416 e. The van der Waals surface area contributed by atoms with Crippen LogP contribution in [0.5, 0.6) is 0 Å². The molecule has 0 atom stereocenters. The Hall–Kier alpha value is -2.15. The first-order valence-electron chi connectivity index (χ1n) is 7.12. The van der Waals surface area contributed by atoms with Gasteiger partial charge in [-0.2, -0.15) is 13.2 Å². The molecule has 1 heterocycles. The van der Waals surface area contributed by atoms with Crippen molar-refractivity contribution in [2.24, 2.45) is 4.99 Å². The Morgan fingerprint density at radius 2 is 1.88 bits per heavy atom. The van der Waals surface area contributed by atoms with Gasteiger partial charge < -0.3 is 15.1 Å². The van der Waals surface area contributed by atoms with Crippen LogP contribution >= 0.6 is 24.0 Å². The minimum Gasteiger partial charge on any atom is -0.467 e. The van der Waals surface area contributed by atoms with Gasteiger partial charge in [0.2, 0.25) is 0 Å². The summed E-state index contributed by atoms with van der Waals surface area (Å²) in [6.07, 6.45) is -2.75. The molecular formula is C17H17F3IN3O. The van der Waals surface area contributed by atoms with Crippen LogP contribution in [0.25, 0.3) is 0 Å². The highest BCUT2D eigenvalue weighted by atomic mass is 127. The van der Waals surface area contributed by atoms with Crippen LogP contribution in [0, 0.1) is 11.8 Å². The molecular weight excluding hydrogens is 446 g/mol. The standard InChI is InChI=1S/C17H16F3N3O.HI/c1-21-16(23-12-15-5-3-11-24-15)22-10-2-4-13-6-8-14(9-7-13)17(18,19)20;/h3,5-9,11H,10,12H2,1H3,(H2,21,22,23);1H. The summed E-state index contributed by atoms with van der Waals surface area (Å²) in [6, 6.07) is 8.36. The van der Waals surface area contributed by atoms with Crippen molar-refractivity contribution in [3.05, 3.63) is 59.5 Å². The molecule has 0 unspecified atom stereocenters. The fraction of sp³-hybridized carbons (Fsp3) is 0.235.